The summed E-state index contributed by atoms with van der Waals surface area (Å²) in [5, 5.41) is 11.7. The predicted molar refractivity (Wildman–Crippen MR) is 68.5 cm³/mol. The number of rotatable bonds is 2. The second-order valence-electron chi connectivity index (χ2n) is 3.32. The van der Waals surface area contributed by atoms with E-state index in [4.69, 9.17) is 11.0 Å². The van der Waals surface area contributed by atoms with Crippen LogP contribution in [-0.2, 0) is 0 Å². The number of hydrogen-bond acceptors (Lipinski definition) is 5. The molecule has 0 saturated carbocycles. The second-order valence-corrected chi connectivity index (χ2v) is 4.11. The number of nitrogens with one attached hydrogen (secondary N) is 1. The van der Waals surface area contributed by atoms with E-state index in [0.29, 0.717) is 16.0 Å². The van der Waals surface area contributed by atoms with Crippen LogP contribution in [0, 0.1) is 17.1 Å². The fourth-order valence-electron chi connectivity index (χ4n) is 1.34. The standard InChI is InChI=1S/C11H7BrFN5/c12-9-10(15)16-5-17-11(9)18-8-3-1-2-7(13)6(8)4-14/h1-3,5H,(H3,15,16,17,18). The summed E-state index contributed by atoms with van der Waals surface area (Å²) in [6.45, 7) is 0. The molecule has 5 nitrogen and oxygen atoms in total. The van der Waals surface area contributed by atoms with Gasteiger partial charge in [0.1, 0.15) is 39.9 Å². The highest BCUT2D eigenvalue weighted by molar-refractivity contribution is 9.10. The Balaban J connectivity index is 2.44. The normalized spacial score (nSPS) is 9.83. The van der Waals surface area contributed by atoms with E-state index in [9.17, 15) is 4.39 Å². The SMILES string of the molecule is N#Cc1c(F)cccc1Nc1ncnc(N)c1Br. The van der Waals surface area contributed by atoms with Crippen molar-refractivity contribution in [3.05, 3.63) is 40.4 Å². The number of nitriles is 1. The summed E-state index contributed by atoms with van der Waals surface area (Å²) in [6, 6.07) is 6.08. The summed E-state index contributed by atoms with van der Waals surface area (Å²) < 4.78 is 13.9. The Morgan fingerprint density at radius 3 is 2.89 bits per heavy atom. The predicted octanol–water partition coefficient (Wildman–Crippen LogP) is 2.58. The topological polar surface area (TPSA) is 87.6 Å². The van der Waals surface area contributed by atoms with Gasteiger partial charge in [0.25, 0.3) is 0 Å². The molecule has 0 atom stereocenters. The van der Waals surface area contributed by atoms with Crippen LogP contribution < -0.4 is 11.1 Å². The van der Waals surface area contributed by atoms with E-state index in [2.05, 4.69) is 31.2 Å². The Morgan fingerprint density at radius 1 is 1.39 bits per heavy atom. The molecule has 3 N–H and O–H groups in total. The lowest BCUT2D eigenvalue weighted by atomic mass is 10.2. The van der Waals surface area contributed by atoms with Crippen LogP contribution in [0.4, 0.5) is 21.7 Å². The molecule has 0 bridgehead atoms. The first-order chi connectivity index (χ1) is 8.63. The number of hydrogen-bond donors (Lipinski definition) is 2. The van der Waals surface area contributed by atoms with Crippen molar-refractivity contribution in [2.45, 2.75) is 0 Å². The Bertz CT molecular complexity index is 638. The minimum Gasteiger partial charge on any atom is -0.383 e. The Kier molecular flexibility index (Phi) is 3.39. The minimum atomic E-state index is -0.597. The van der Waals surface area contributed by atoms with Crippen molar-refractivity contribution >= 4 is 33.3 Å². The van der Waals surface area contributed by atoms with Gasteiger partial charge in [-0.15, -0.1) is 0 Å². The third-order valence-electron chi connectivity index (χ3n) is 2.19. The van der Waals surface area contributed by atoms with Crippen LogP contribution in [0.25, 0.3) is 0 Å². The van der Waals surface area contributed by atoms with E-state index in [1.807, 2.05) is 0 Å². The van der Waals surface area contributed by atoms with Gasteiger partial charge in [-0.1, -0.05) is 6.07 Å². The van der Waals surface area contributed by atoms with Gasteiger partial charge in [0.05, 0.1) is 5.69 Å². The van der Waals surface area contributed by atoms with E-state index in [0.717, 1.165) is 0 Å². The lowest BCUT2D eigenvalue weighted by molar-refractivity contribution is 0.624. The van der Waals surface area contributed by atoms with Crippen LogP contribution in [0.15, 0.2) is 29.0 Å². The molecule has 0 saturated heterocycles. The van der Waals surface area contributed by atoms with Crippen molar-refractivity contribution in [3.8, 4) is 6.07 Å². The fourth-order valence-corrected chi connectivity index (χ4v) is 1.64. The molecule has 2 aromatic rings. The smallest absolute Gasteiger partial charge is 0.150 e. The molecule has 0 radical (unpaired) electrons. The van der Waals surface area contributed by atoms with Gasteiger partial charge in [-0.3, -0.25) is 0 Å². The minimum absolute atomic E-state index is 0.0819. The summed E-state index contributed by atoms with van der Waals surface area (Å²) in [5.74, 6) is 0.0210. The second kappa shape index (κ2) is 4.98. The molecule has 1 aromatic carbocycles. The molecule has 1 heterocycles. The van der Waals surface area contributed by atoms with Gasteiger partial charge in [-0.2, -0.15) is 5.26 Å². The van der Waals surface area contributed by atoms with E-state index in [1.54, 1.807) is 12.1 Å². The molecule has 0 amide bonds. The fraction of sp³-hybridized carbons (Fsp3) is 0. The summed E-state index contributed by atoms with van der Waals surface area (Å²) in [7, 11) is 0. The number of nitrogens with zero attached hydrogens (tertiary/aromatic N) is 3. The third kappa shape index (κ3) is 2.24. The van der Waals surface area contributed by atoms with E-state index in [-0.39, 0.29) is 11.4 Å². The number of benzene rings is 1. The zero-order valence-corrected chi connectivity index (χ0v) is 10.6. The molecular weight excluding hydrogens is 301 g/mol. The van der Waals surface area contributed by atoms with Crippen molar-refractivity contribution in [3.63, 3.8) is 0 Å². The van der Waals surface area contributed by atoms with Gasteiger partial charge in [0.2, 0.25) is 0 Å². The molecule has 90 valence electrons. The highest BCUT2D eigenvalue weighted by Crippen LogP contribution is 2.28. The maximum absolute atomic E-state index is 13.4. The number of nitrogen functional groups attached to an aromatic ring is 1. The maximum atomic E-state index is 13.4. The van der Waals surface area contributed by atoms with Gasteiger partial charge >= 0.3 is 0 Å². The Morgan fingerprint density at radius 2 is 2.17 bits per heavy atom. The molecule has 0 unspecified atom stereocenters. The van der Waals surface area contributed by atoms with Gasteiger partial charge in [-0.05, 0) is 28.1 Å². The van der Waals surface area contributed by atoms with Gasteiger partial charge in [-0.25, -0.2) is 14.4 Å². The van der Waals surface area contributed by atoms with Crippen molar-refractivity contribution in [2.75, 3.05) is 11.1 Å². The van der Waals surface area contributed by atoms with Gasteiger partial charge in [0, 0.05) is 0 Å². The highest BCUT2D eigenvalue weighted by atomic mass is 79.9. The third-order valence-corrected chi connectivity index (χ3v) is 2.98. The molecule has 18 heavy (non-hydrogen) atoms. The summed E-state index contributed by atoms with van der Waals surface area (Å²) in [6.07, 6.45) is 1.27. The Labute approximate surface area is 111 Å². The molecule has 2 rings (SSSR count). The lowest BCUT2D eigenvalue weighted by Gasteiger charge is -2.09. The van der Waals surface area contributed by atoms with E-state index < -0.39 is 5.82 Å². The van der Waals surface area contributed by atoms with Crippen molar-refractivity contribution in [1.82, 2.24) is 9.97 Å². The largest absolute Gasteiger partial charge is 0.383 e. The van der Waals surface area contributed by atoms with Crippen LogP contribution in [-0.4, -0.2) is 9.97 Å². The lowest BCUT2D eigenvalue weighted by Crippen LogP contribution is -2.02. The average molecular weight is 308 g/mol. The van der Waals surface area contributed by atoms with Crippen LogP contribution in [0.1, 0.15) is 5.56 Å². The van der Waals surface area contributed by atoms with E-state index >= 15 is 0 Å². The molecule has 0 fully saturated rings. The zero-order chi connectivity index (χ0) is 13.1. The number of aromatic nitrogens is 2. The summed E-state index contributed by atoms with van der Waals surface area (Å²) in [5.41, 5.74) is 5.83. The highest BCUT2D eigenvalue weighted by Gasteiger charge is 2.11. The Hall–Kier alpha value is -2.20. The van der Waals surface area contributed by atoms with E-state index in [1.165, 1.54) is 18.5 Å². The first-order valence-electron chi connectivity index (χ1n) is 4.85. The quantitative estimate of drug-likeness (QED) is 0.890. The number of anilines is 3. The molecule has 0 spiro atoms. The van der Waals surface area contributed by atoms with Gasteiger partial charge < -0.3 is 11.1 Å². The van der Waals surface area contributed by atoms with Crippen LogP contribution in [0.3, 0.4) is 0 Å². The average Bonchev–Trinajstić information content (AvgIpc) is 2.35. The molecular formula is C11H7BrFN5. The van der Waals surface area contributed by atoms with Gasteiger partial charge in [0.15, 0.2) is 0 Å². The molecule has 0 aliphatic carbocycles. The number of nitrogens with two attached hydrogens (primary N) is 1. The number of halogens is 2. The van der Waals surface area contributed by atoms with Crippen molar-refractivity contribution in [2.24, 2.45) is 0 Å². The van der Waals surface area contributed by atoms with Crippen LogP contribution >= 0.6 is 15.9 Å². The zero-order valence-electron chi connectivity index (χ0n) is 8.98. The molecule has 7 heteroatoms. The first-order valence-corrected chi connectivity index (χ1v) is 5.64. The molecule has 0 aliphatic rings. The molecule has 1 aromatic heterocycles. The molecule has 0 aliphatic heterocycles. The van der Waals surface area contributed by atoms with Crippen LogP contribution in [0.5, 0.6) is 0 Å². The summed E-state index contributed by atoms with van der Waals surface area (Å²) in [4.78, 5) is 7.74. The van der Waals surface area contributed by atoms with Crippen LogP contribution in [0.2, 0.25) is 0 Å². The van der Waals surface area contributed by atoms with Crippen molar-refractivity contribution < 1.29 is 4.39 Å². The first kappa shape index (κ1) is 12.3. The summed E-state index contributed by atoms with van der Waals surface area (Å²) >= 11 is 3.21. The maximum Gasteiger partial charge on any atom is 0.150 e. The van der Waals surface area contributed by atoms with Crippen molar-refractivity contribution in [1.29, 1.82) is 5.26 Å². The monoisotopic (exact) mass is 307 g/mol.